The fourth-order valence-electron chi connectivity index (χ4n) is 4.18. The maximum absolute atomic E-state index is 12.5. The molecule has 1 aromatic heterocycles. The highest BCUT2D eigenvalue weighted by Gasteiger charge is 2.24. The number of rotatable bonds is 4. The van der Waals surface area contributed by atoms with Gasteiger partial charge < -0.3 is 15.5 Å². The summed E-state index contributed by atoms with van der Waals surface area (Å²) in [5.41, 5.74) is 4.03. The van der Waals surface area contributed by atoms with Crippen molar-refractivity contribution in [3.8, 4) is 11.1 Å². The highest BCUT2D eigenvalue weighted by Crippen LogP contribution is 2.32. The first-order valence-corrected chi connectivity index (χ1v) is 10.7. The van der Waals surface area contributed by atoms with Gasteiger partial charge in [0.25, 0.3) is 5.91 Å². The lowest BCUT2D eigenvalue weighted by atomic mass is 9.96. The van der Waals surface area contributed by atoms with E-state index in [1.807, 2.05) is 24.4 Å². The van der Waals surface area contributed by atoms with Crippen molar-refractivity contribution >= 4 is 22.5 Å². The van der Waals surface area contributed by atoms with Gasteiger partial charge in [0.2, 0.25) is 0 Å². The van der Waals surface area contributed by atoms with E-state index in [0.29, 0.717) is 17.6 Å². The second-order valence-corrected chi connectivity index (χ2v) is 8.49. The summed E-state index contributed by atoms with van der Waals surface area (Å²) in [4.78, 5) is 14.8. The first kappa shape index (κ1) is 19.0. The van der Waals surface area contributed by atoms with Gasteiger partial charge in [-0.2, -0.15) is 5.10 Å². The summed E-state index contributed by atoms with van der Waals surface area (Å²) in [5.74, 6) is 0.961. The Morgan fingerprint density at radius 1 is 1.20 bits per heavy atom. The van der Waals surface area contributed by atoms with Gasteiger partial charge in [0.05, 0.1) is 6.20 Å². The number of nitrogens with one attached hydrogen (secondary N) is 2. The van der Waals surface area contributed by atoms with Gasteiger partial charge in [-0.1, -0.05) is 12.1 Å². The zero-order valence-electron chi connectivity index (χ0n) is 17.5. The van der Waals surface area contributed by atoms with Crippen LogP contribution in [0, 0.1) is 6.92 Å². The minimum absolute atomic E-state index is 0.0142. The number of fused-ring (bicyclic) bond motifs is 1. The molecule has 0 radical (unpaired) electrons. The average Bonchev–Trinajstić information content (AvgIpc) is 3.57. The largest absolute Gasteiger partial charge is 0.349 e. The number of aryl methyl sites for hydroxylation is 1. The molecule has 1 saturated heterocycles. The molecule has 6 nitrogen and oxygen atoms in total. The van der Waals surface area contributed by atoms with Gasteiger partial charge in [-0.3, -0.25) is 4.79 Å². The third kappa shape index (κ3) is 3.63. The summed E-state index contributed by atoms with van der Waals surface area (Å²) < 4.78 is 0. The maximum atomic E-state index is 12.5. The fourth-order valence-corrected chi connectivity index (χ4v) is 4.18. The molecule has 30 heavy (non-hydrogen) atoms. The molecule has 1 atom stereocenters. The zero-order valence-corrected chi connectivity index (χ0v) is 17.5. The Bertz CT molecular complexity index is 1110. The van der Waals surface area contributed by atoms with Crippen LogP contribution in [-0.4, -0.2) is 47.8 Å². The normalized spacial score (nSPS) is 19.1. The Labute approximate surface area is 176 Å². The number of piperazine rings is 1. The molecule has 6 heteroatoms. The molecule has 154 valence electrons. The van der Waals surface area contributed by atoms with Crippen LogP contribution < -0.4 is 15.5 Å². The molecule has 2 aliphatic rings. The van der Waals surface area contributed by atoms with Crippen molar-refractivity contribution in [2.75, 3.05) is 24.5 Å². The van der Waals surface area contributed by atoms with Crippen LogP contribution in [0.3, 0.4) is 0 Å². The summed E-state index contributed by atoms with van der Waals surface area (Å²) in [6.45, 7) is 7.12. The Morgan fingerprint density at radius 3 is 2.87 bits per heavy atom. The average molecular weight is 402 g/mol. The van der Waals surface area contributed by atoms with Crippen molar-refractivity contribution in [1.82, 2.24) is 20.8 Å². The summed E-state index contributed by atoms with van der Waals surface area (Å²) in [6.07, 6.45) is 4.00. The number of hydrogen-bond acceptors (Lipinski definition) is 5. The minimum atomic E-state index is 0.0142. The molecular weight excluding hydrogens is 374 g/mol. The second kappa shape index (κ2) is 7.69. The molecule has 5 rings (SSSR count). The van der Waals surface area contributed by atoms with E-state index in [4.69, 9.17) is 0 Å². The molecular formula is C24H27N5O. The highest BCUT2D eigenvalue weighted by atomic mass is 16.1. The molecule has 0 spiro atoms. The number of benzene rings is 2. The number of nitrogens with zero attached hydrogens (tertiary/aromatic N) is 3. The lowest BCUT2D eigenvalue weighted by molar-refractivity contribution is 0.0951. The molecule has 1 aliphatic carbocycles. The van der Waals surface area contributed by atoms with E-state index >= 15 is 0 Å². The van der Waals surface area contributed by atoms with Crippen molar-refractivity contribution in [2.24, 2.45) is 0 Å². The van der Waals surface area contributed by atoms with Crippen LogP contribution >= 0.6 is 0 Å². The quantitative estimate of drug-likeness (QED) is 0.702. The smallest absolute Gasteiger partial charge is 0.251 e. The Hall–Kier alpha value is -2.99. The molecule has 1 aliphatic heterocycles. The predicted molar refractivity (Wildman–Crippen MR) is 120 cm³/mol. The van der Waals surface area contributed by atoms with Crippen LogP contribution in [0.1, 0.15) is 35.7 Å². The first-order valence-electron chi connectivity index (χ1n) is 10.7. The SMILES string of the molecule is Cc1ccc(C(=O)NC2CC2)cc1-c1ccc2c(N3CCNC[C@H]3C)nncc2c1. The van der Waals surface area contributed by atoms with E-state index in [2.05, 4.69) is 57.8 Å². The Kier molecular flexibility index (Phi) is 4.87. The third-order valence-corrected chi connectivity index (χ3v) is 6.14. The molecule has 2 N–H and O–H groups in total. The number of anilines is 1. The topological polar surface area (TPSA) is 70.2 Å². The number of aromatic nitrogens is 2. The van der Waals surface area contributed by atoms with E-state index in [9.17, 15) is 4.79 Å². The van der Waals surface area contributed by atoms with Crippen molar-refractivity contribution in [1.29, 1.82) is 0 Å². The molecule has 3 aromatic rings. The lowest BCUT2D eigenvalue weighted by Gasteiger charge is -2.35. The van der Waals surface area contributed by atoms with E-state index in [1.165, 1.54) is 0 Å². The predicted octanol–water partition coefficient (Wildman–Crippen LogP) is 3.30. The number of amides is 1. The summed E-state index contributed by atoms with van der Waals surface area (Å²) in [6, 6.07) is 13.1. The summed E-state index contributed by atoms with van der Waals surface area (Å²) in [5, 5.41) is 17.4. The number of carbonyl (C=O) groups excluding carboxylic acids is 1. The van der Waals surface area contributed by atoms with Gasteiger partial charge in [-0.25, -0.2) is 0 Å². The number of carbonyl (C=O) groups is 1. The zero-order chi connectivity index (χ0) is 20.7. The second-order valence-electron chi connectivity index (χ2n) is 8.49. The van der Waals surface area contributed by atoms with Gasteiger partial charge in [0, 0.05) is 48.1 Å². The molecule has 0 unspecified atom stereocenters. The van der Waals surface area contributed by atoms with E-state index in [-0.39, 0.29) is 5.91 Å². The van der Waals surface area contributed by atoms with Crippen LogP contribution in [0.25, 0.3) is 21.9 Å². The summed E-state index contributed by atoms with van der Waals surface area (Å²) >= 11 is 0. The lowest BCUT2D eigenvalue weighted by Crippen LogP contribution is -2.50. The standard InChI is InChI=1S/C24H27N5O/c1-15-3-4-18(24(30)27-20-6-7-20)12-22(15)17-5-8-21-19(11-17)14-26-28-23(21)29-10-9-25-13-16(29)2/h3-5,8,11-12,14,16,20,25H,6-7,9-10,13H2,1-2H3,(H,27,30)/t16-/m1/s1. The Balaban J connectivity index is 1.52. The van der Waals surface area contributed by atoms with Crippen LogP contribution in [0.5, 0.6) is 0 Å². The van der Waals surface area contributed by atoms with Crippen molar-refractivity contribution in [3.63, 3.8) is 0 Å². The molecule has 1 saturated carbocycles. The van der Waals surface area contributed by atoms with E-state index in [0.717, 1.165) is 65.8 Å². The van der Waals surface area contributed by atoms with Crippen molar-refractivity contribution in [2.45, 2.75) is 38.8 Å². The molecule has 2 fully saturated rings. The van der Waals surface area contributed by atoms with Gasteiger partial charge in [-0.05, 0) is 67.6 Å². The van der Waals surface area contributed by atoms with Crippen LogP contribution in [-0.2, 0) is 0 Å². The van der Waals surface area contributed by atoms with Gasteiger partial charge in [0.15, 0.2) is 5.82 Å². The molecule has 2 heterocycles. The third-order valence-electron chi connectivity index (χ3n) is 6.14. The van der Waals surface area contributed by atoms with Crippen LogP contribution in [0.4, 0.5) is 5.82 Å². The van der Waals surface area contributed by atoms with Crippen LogP contribution in [0.15, 0.2) is 42.6 Å². The fraction of sp³-hybridized carbons (Fsp3) is 0.375. The monoisotopic (exact) mass is 401 g/mol. The minimum Gasteiger partial charge on any atom is -0.349 e. The first-order chi connectivity index (χ1) is 14.6. The van der Waals surface area contributed by atoms with Crippen LogP contribution in [0.2, 0.25) is 0 Å². The maximum Gasteiger partial charge on any atom is 0.251 e. The summed E-state index contributed by atoms with van der Waals surface area (Å²) in [7, 11) is 0. The Morgan fingerprint density at radius 2 is 2.07 bits per heavy atom. The van der Waals surface area contributed by atoms with Crippen molar-refractivity contribution in [3.05, 3.63) is 53.7 Å². The van der Waals surface area contributed by atoms with E-state index < -0.39 is 0 Å². The van der Waals surface area contributed by atoms with Gasteiger partial charge in [-0.15, -0.1) is 5.10 Å². The highest BCUT2D eigenvalue weighted by molar-refractivity contribution is 5.98. The van der Waals surface area contributed by atoms with Gasteiger partial charge >= 0.3 is 0 Å². The van der Waals surface area contributed by atoms with Gasteiger partial charge in [0.1, 0.15) is 0 Å². The number of hydrogen-bond donors (Lipinski definition) is 2. The molecule has 2 aromatic carbocycles. The van der Waals surface area contributed by atoms with E-state index in [1.54, 1.807) is 0 Å². The molecule has 1 amide bonds. The van der Waals surface area contributed by atoms with Crippen molar-refractivity contribution < 1.29 is 4.79 Å². The molecule has 0 bridgehead atoms.